The van der Waals surface area contributed by atoms with Crippen LogP contribution in [0.2, 0.25) is 0 Å². The van der Waals surface area contributed by atoms with Crippen LogP contribution in [-0.4, -0.2) is 29.7 Å². The maximum Gasteiger partial charge on any atom is 0.268 e. The van der Waals surface area contributed by atoms with E-state index in [-0.39, 0.29) is 0 Å². The van der Waals surface area contributed by atoms with Gasteiger partial charge in [-0.25, -0.2) is 0 Å². The number of carbonyl (C=O) groups excluding carboxylic acids is 1. The average molecular weight is 376 g/mol. The van der Waals surface area contributed by atoms with E-state index in [1.54, 1.807) is 0 Å². The molecule has 1 aliphatic carbocycles. The summed E-state index contributed by atoms with van der Waals surface area (Å²) in [4.78, 5) is 12.7. The van der Waals surface area contributed by atoms with Gasteiger partial charge in [0.1, 0.15) is 6.10 Å². The molecule has 152 valence electrons. The summed E-state index contributed by atoms with van der Waals surface area (Å²) in [6, 6.07) is 9.28. The Morgan fingerprint density at radius 2 is 1.81 bits per heavy atom. The molecule has 4 N–H and O–H groups in total. The van der Waals surface area contributed by atoms with Gasteiger partial charge in [0.15, 0.2) is 0 Å². The van der Waals surface area contributed by atoms with Crippen LogP contribution in [-0.2, 0) is 4.79 Å². The topological polar surface area (TPSA) is 78.6 Å². The standard InChI is InChI=1S/C22H37N3O2/c1-3-17(4-2)16-25(19-13-9-6-10-14-19)24-22(27)21(26)20(23)15-18-11-7-5-8-12-18/h6,9-10,13-14,17-18,20-21,26H,3-5,7-8,11-12,15-16,23H2,1-2H3,(H,24,27). The lowest BCUT2D eigenvalue weighted by atomic mass is 9.84. The molecule has 0 bridgehead atoms. The number of para-hydroxylation sites is 1. The third kappa shape index (κ3) is 6.82. The van der Waals surface area contributed by atoms with Gasteiger partial charge in [0.2, 0.25) is 0 Å². The molecule has 2 atom stereocenters. The number of nitrogens with two attached hydrogens (primary N) is 1. The van der Waals surface area contributed by atoms with E-state index in [4.69, 9.17) is 5.73 Å². The minimum Gasteiger partial charge on any atom is -0.382 e. The van der Waals surface area contributed by atoms with Gasteiger partial charge in [-0.15, -0.1) is 0 Å². The van der Waals surface area contributed by atoms with Crippen molar-refractivity contribution in [3.8, 4) is 0 Å². The van der Waals surface area contributed by atoms with Crippen molar-refractivity contribution in [2.75, 3.05) is 11.6 Å². The van der Waals surface area contributed by atoms with Crippen LogP contribution in [0, 0.1) is 11.8 Å². The molecule has 0 heterocycles. The van der Waals surface area contributed by atoms with Crippen LogP contribution in [0.5, 0.6) is 0 Å². The Kier molecular flexibility index (Phi) is 9.08. The zero-order chi connectivity index (χ0) is 19.6. The number of amides is 1. The van der Waals surface area contributed by atoms with E-state index < -0.39 is 18.1 Å². The van der Waals surface area contributed by atoms with Crippen LogP contribution < -0.4 is 16.2 Å². The number of aliphatic hydroxyl groups excluding tert-OH is 1. The number of rotatable bonds is 10. The Morgan fingerprint density at radius 3 is 2.41 bits per heavy atom. The molecule has 0 spiro atoms. The van der Waals surface area contributed by atoms with Gasteiger partial charge in [-0.05, 0) is 30.4 Å². The maximum absolute atomic E-state index is 12.7. The van der Waals surface area contributed by atoms with E-state index in [1.807, 2.05) is 35.3 Å². The van der Waals surface area contributed by atoms with Gasteiger partial charge in [0.05, 0.1) is 5.69 Å². The van der Waals surface area contributed by atoms with Crippen LogP contribution >= 0.6 is 0 Å². The van der Waals surface area contributed by atoms with Gasteiger partial charge in [0.25, 0.3) is 5.91 Å². The molecule has 1 amide bonds. The van der Waals surface area contributed by atoms with Crippen molar-refractivity contribution in [3.63, 3.8) is 0 Å². The first-order valence-electron chi connectivity index (χ1n) is 10.6. The Morgan fingerprint density at radius 1 is 1.19 bits per heavy atom. The van der Waals surface area contributed by atoms with Crippen molar-refractivity contribution in [1.29, 1.82) is 0 Å². The molecule has 5 heteroatoms. The highest BCUT2D eigenvalue weighted by atomic mass is 16.3. The molecule has 0 saturated heterocycles. The second kappa shape index (κ2) is 11.3. The lowest BCUT2D eigenvalue weighted by Gasteiger charge is -2.31. The van der Waals surface area contributed by atoms with E-state index in [0.717, 1.165) is 31.4 Å². The highest BCUT2D eigenvalue weighted by Gasteiger charge is 2.28. The molecule has 0 aliphatic heterocycles. The van der Waals surface area contributed by atoms with E-state index in [9.17, 15) is 9.90 Å². The molecule has 27 heavy (non-hydrogen) atoms. The third-order valence-corrected chi connectivity index (χ3v) is 5.91. The number of nitrogens with one attached hydrogen (secondary N) is 1. The van der Waals surface area contributed by atoms with Gasteiger partial charge < -0.3 is 10.8 Å². The number of hydrogen-bond acceptors (Lipinski definition) is 4. The molecular weight excluding hydrogens is 338 g/mol. The SMILES string of the molecule is CCC(CC)CN(NC(=O)C(O)C(N)CC1CCCCC1)c1ccccc1. The van der Waals surface area contributed by atoms with Crippen LogP contribution in [0.25, 0.3) is 0 Å². The molecule has 0 aromatic heterocycles. The highest BCUT2D eigenvalue weighted by molar-refractivity contribution is 5.82. The smallest absolute Gasteiger partial charge is 0.268 e. The lowest BCUT2D eigenvalue weighted by molar-refractivity contribution is -0.130. The summed E-state index contributed by atoms with van der Waals surface area (Å²) in [5.74, 6) is 0.595. The second-order valence-corrected chi connectivity index (χ2v) is 7.95. The highest BCUT2D eigenvalue weighted by Crippen LogP contribution is 2.27. The van der Waals surface area contributed by atoms with Gasteiger partial charge in [-0.3, -0.25) is 15.2 Å². The Labute approximate surface area is 164 Å². The van der Waals surface area contributed by atoms with Crippen LogP contribution in [0.3, 0.4) is 0 Å². The molecule has 1 aromatic rings. The maximum atomic E-state index is 12.7. The largest absolute Gasteiger partial charge is 0.382 e. The number of nitrogens with zero attached hydrogens (tertiary/aromatic N) is 1. The monoisotopic (exact) mass is 375 g/mol. The van der Waals surface area contributed by atoms with E-state index >= 15 is 0 Å². The molecular formula is C22H37N3O2. The number of aliphatic hydroxyl groups is 1. The number of anilines is 1. The fourth-order valence-electron chi connectivity index (χ4n) is 3.96. The summed E-state index contributed by atoms with van der Waals surface area (Å²) >= 11 is 0. The Hall–Kier alpha value is -1.59. The molecule has 1 aromatic carbocycles. The van der Waals surface area contributed by atoms with E-state index in [1.165, 1.54) is 19.3 Å². The minimum absolute atomic E-state index is 0.409. The van der Waals surface area contributed by atoms with Crippen molar-refractivity contribution < 1.29 is 9.90 Å². The van der Waals surface area contributed by atoms with Crippen molar-refractivity contribution >= 4 is 11.6 Å². The summed E-state index contributed by atoms with van der Waals surface area (Å²) in [6.45, 7) is 5.04. The number of carbonyl (C=O) groups is 1. The quantitative estimate of drug-likeness (QED) is 0.546. The van der Waals surface area contributed by atoms with Crippen LogP contribution in [0.1, 0.15) is 65.2 Å². The first-order chi connectivity index (χ1) is 13.0. The molecule has 1 aliphatic rings. The molecule has 1 fully saturated rings. The van der Waals surface area contributed by atoms with Crippen molar-refractivity contribution in [2.24, 2.45) is 17.6 Å². The summed E-state index contributed by atoms with van der Waals surface area (Å²) < 4.78 is 0. The summed E-state index contributed by atoms with van der Waals surface area (Å²) in [6.07, 6.45) is 7.69. The Balaban J connectivity index is 1.98. The zero-order valence-electron chi connectivity index (χ0n) is 16.9. The number of hydrazine groups is 1. The molecule has 2 unspecified atom stereocenters. The summed E-state index contributed by atoms with van der Waals surface area (Å²) in [5, 5.41) is 12.4. The van der Waals surface area contributed by atoms with Gasteiger partial charge in [-0.1, -0.05) is 77.0 Å². The first kappa shape index (κ1) is 21.7. The second-order valence-electron chi connectivity index (χ2n) is 7.95. The summed E-state index contributed by atoms with van der Waals surface area (Å²) in [7, 11) is 0. The number of hydrogen-bond donors (Lipinski definition) is 3. The fraction of sp³-hybridized carbons (Fsp3) is 0.682. The van der Waals surface area contributed by atoms with Crippen LogP contribution in [0.4, 0.5) is 5.69 Å². The normalized spacial score (nSPS) is 17.5. The molecule has 0 radical (unpaired) electrons. The zero-order valence-corrected chi connectivity index (χ0v) is 16.9. The van der Waals surface area contributed by atoms with Crippen LogP contribution in [0.15, 0.2) is 30.3 Å². The van der Waals surface area contributed by atoms with Gasteiger partial charge in [-0.2, -0.15) is 0 Å². The molecule has 5 nitrogen and oxygen atoms in total. The predicted molar refractivity (Wildman–Crippen MR) is 111 cm³/mol. The summed E-state index contributed by atoms with van der Waals surface area (Å²) in [5.41, 5.74) is 10.0. The van der Waals surface area contributed by atoms with E-state index in [0.29, 0.717) is 24.8 Å². The lowest BCUT2D eigenvalue weighted by Crippen LogP contribution is -2.53. The van der Waals surface area contributed by atoms with Crippen molar-refractivity contribution in [3.05, 3.63) is 30.3 Å². The molecule has 2 rings (SSSR count). The fourth-order valence-corrected chi connectivity index (χ4v) is 3.96. The number of benzene rings is 1. The minimum atomic E-state index is -1.18. The third-order valence-electron chi connectivity index (χ3n) is 5.91. The van der Waals surface area contributed by atoms with Gasteiger partial charge >= 0.3 is 0 Å². The predicted octanol–water partition coefficient (Wildman–Crippen LogP) is 3.62. The average Bonchev–Trinajstić information content (AvgIpc) is 2.71. The van der Waals surface area contributed by atoms with E-state index in [2.05, 4.69) is 19.3 Å². The van der Waals surface area contributed by atoms with Crippen molar-refractivity contribution in [1.82, 2.24) is 5.43 Å². The van der Waals surface area contributed by atoms with Crippen molar-refractivity contribution in [2.45, 2.75) is 77.4 Å². The first-order valence-corrected chi connectivity index (χ1v) is 10.6. The molecule has 1 saturated carbocycles. The van der Waals surface area contributed by atoms with Gasteiger partial charge in [0, 0.05) is 12.6 Å². The Bertz CT molecular complexity index is 542.